The molecule has 23 heavy (non-hydrogen) atoms. The van der Waals surface area contributed by atoms with Crippen molar-refractivity contribution in [2.45, 2.75) is 57.7 Å². The molecule has 0 aliphatic carbocycles. The van der Waals surface area contributed by atoms with Crippen LogP contribution in [0.25, 0.3) is 0 Å². The second-order valence-electron chi connectivity index (χ2n) is 7.07. The van der Waals surface area contributed by atoms with Gasteiger partial charge in [0, 0.05) is 17.8 Å². The number of hydrogen-bond donors (Lipinski definition) is 0. The summed E-state index contributed by atoms with van der Waals surface area (Å²) in [5.74, 6) is -1.19. The van der Waals surface area contributed by atoms with Crippen molar-refractivity contribution in [3.05, 3.63) is 16.6 Å². The number of ketones is 2. The van der Waals surface area contributed by atoms with Gasteiger partial charge in [-0.05, 0) is 33.6 Å². The summed E-state index contributed by atoms with van der Waals surface area (Å²) in [5.41, 5.74) is 1.28. The van der Waals surface area contributed by atoms with E-state index >= 15 is 0 Å². The third-order valence-electron chi connectivity index (χ3n) is 4.29. The smallest absolute Gasteiger partial charge is 0.410 e. The van der Waals surface area contributed by atoms with Crippen molar-refractivity contribution in [1.29, 1.82) is 0 Å². The normalized spacial score (nSPS) is 27.2. The lowest BCUT2D eigenvalue weighted by atomic mass is 9.84. The molecule has 0 aromatic carbocycles. The van der Waals surface area contributed by atoms with Crippen LogP contribution >= 0.6 is 11.3 Å². The van der Waals surface area contributed by atoms with Gasteiger partial charge in [0.15, 0.2) is 5.78 Å². The maximum absolute atomic E-state index is 12.7. The van der Waals surface area contributed by atoms with Gasteiger partial charge in [-0.25, -0.2) is 9.78 Å². The molecule has 7 heteroatoms. The lowest BCUT2D eigenvalue weighted by molar-refractivity contribution is -0.126. The number of carbonyl (C=O) groups is 3. The van der Waals surface area contributed by atoms with Gasteiger partial charge in [-0.15, -0.1) is 11.3 Å². The Balaban J connectivity index is 1.86. The lowest BCUT2D eigenvalue weighted by Crippen LogP contribution is -2.55. The predicted octanol–water partition coefficient (Wildman–Crippen LogP) is 2.68. The van der Waals surface area contributed by atoms with Crippen LogP contribution in [0.4, 0.5) is 4.79 Å². The number of amides is 1. The molecule has 124 valence electrons. The van der Waals surface area contributed by atoms with Gasteiger partial charge in [-0.2, -0.15) is 0 Å². The molecule has 0 N–H and O–H groups in total. The summed E-state index contributed by atoms with van der Waals surface area (Å²) in [6.07, 6.45) is 1.16. The lowest BCUT2D eigenvalue weighted by Gasteiger charge is -2.38. The van der Waals surface area contributed by atoms with E-state index in [1.165, 1.54) is 11.3 Å². The zero-order valence-corrected chi connectivity index (χ0v) is 14.3. The molecule has 0 saturated carbocycles. The van der Waals surface area contributed by atoms with Crippen LogP contribution in [0.15, 0.2) is 10.9 Å². The number of Topliss-reactive ketones (excluding diaryl/α,β-unsaturated/α-hetero) is 2. The molecule has 1 unspecified atom stereocenters. The molecule has 3 heterocycles. The Kier molecular flexibility index (Phi) is 4.00. The summed E-state index contributed by atoms with van der Waals surface area (Å²) in [6, 6.07) is -0.563. The molecule has 0 radical (unpaired) electrons. The maximum atomic E-state index is 12.7. The fourth-order valence-corrected chi connectivity index (χ4v) is 3.97. The molecule has 3 rings (SSSR count). The van der Waals surface area contributed by atoms with Gasteiger partial charge in [-0.1, -0.05) is 0 Å². The summed E-state index contributed by atoms with van der Waals surface area (Å²) >= 11 is 1.32. The van der Waals surface area contributed by atoms with Crippen LogP contribution in [-0.2, 0) is 9.53 Å². The number of hydrogen-bond acceptors (Lipinski definition) is 6. The number of nitrogens with zero attached hydrogens (tertiary/aromatic N) is 2. The molecule has 1 aromatic heterocycles. The molecule has 0 spiro atoms. The highest BCUT2D eigenvalue weighted by Gasteiger charge is 2.52. The van der Waals surface area contributed by atoms with Crippen molar-refractivity contribution in [3.8, 4) is 0 Å². The average molecular weight is 336 g/mol. The Labute approximate surface area is 138 Å². The zero-order valence-electron chi connectivity index (χ0n) is 13.4. The topological polar surface area (TPSA) is 76.6 Å². The molecule has 2 saturated heterocycles. The van der Waals surface area contributed by atoms with Gasteiger partial charge in [0.05, 0.1) is 11.6 Å². The van der Waals surface area contributed by atoms with E-state index in [0.717, 1.165) is 6.42 Å². The van der Waals surface area contributed by atoms with Gasteiger partial charge in [0.1, 0.15) is 23.0 Å². The van der Waals surface area contributed by atoms with Crippen LogP contribution in [-0.4, -0.2) is 45.2 Å². The Morgan fingerprint density at radius 3 is 2.70 bits per heavy atom. The summed E-state index contributed by atoms with van der Waals surface area (Å²) in [7, 11) is 0. The summed E-state index contributed by atoms with van der Waals surface area (Å²) in [6.45, 7) is 5.42. The molecule has 1 aromatic rings. The van der Waals surface area contributed by atoms with Crippen LogP contribution in [0.3, 0.4) is 0 Å². The third kappa shape index (κ3) is 3.02. The first-order chi connectivity index (χ1) is 10.8. The van der Waals surface area contributed by atoms with Crippen molar-refractivity contribution in [2.75, 3.05) is 0 Å². The van der Waals surface area contributed by atoms with Crippen LogP contribution in [0.1, 0.15) is 50.5 Å². The largest absolute Gasteiger partial charge is 0.444 e. The summed E-state index contributed by atoms with van der Waals surface area (Å²) < 4.78 is 5.46. The van der Waals surface area contributed by atoms with Crippen LogP contribution in [0, 0.1) is 5.92 Å². The number of piperidine rings is 1. The van der Waals surface area contributed by atoms with Gasteiger partial charge in [0.2, 0.25) is 0 Å². The van der Waals surface area contributed by atoms with Gasteiger partial charge >= 0.3 is 6.09 Å². The number of fused-ring (bicyclic) bond motifs is 2. The molecule has 2 fully saturated rings. The summed E-state index contributed by atoms with van der Waals surface area (Å²) in [4.78, 5) is 43.2. The molecule has 2 bridgehead atoms. The van der Waals surface area contributed by atoms with Crippen molar-refractivity contribution in [2.24, 2.45) is 5.92 Å². The Morgan fingerprint density at radius 2 is 2.09 bits per heavy atom. The first kappa shape index (κ1) is 16.1. The highest BCUT2D eigenvalue weighted by Crippen LogP contribution is 2.39. The number of thiazole rings is 1. The van der Waals surface area contributed by atoms with Crippen molar-refractivity contribution in [1.82, 2.24) is 9.88 Å². The zero-order chi connectivity index (χ0) is 16.8. The number of ether oxygens (including phenoxy) is 1. The van der Waals surface area contributed by atoms with Crippen molar-refractivity contribution < 1.29 is 19.1 Å². The Hall–Kier alpha value is -1.76. The van der Waals surface area contributed by atoms with Crippen LogP contribution < -0.4 is 0 Å². The summed E-state index contributed by atoms with van der Waals surface area (Å²) in [5, 5.41) is 1.65. The predicted molar refractivity (Wildman–Crippen MR) is 84.4 cm³/mol. The fraction of sp³-hybridized carbons (Fsp3) is 0.625. The minimum atomic E-state index is -0.816. The molecule has 3 atom stereocenters. The van der Waals surface area contributed by atoms with Crippen molar-refractivity contribution in [3.63, 3.8) is 0 Å². The number of rotatable bonds is 2. The quantitative estimate of drug-likeness (QED) is 0.613. The first-order valence-electron chi connectivity index (χ1n) is 7.74. The molecule has 6 nitrogen and oxygen atoms in total. The maximum Gasteiger partial charge on any atom is 0.410 e. The second-order valence-corrected chi connectivity index (χ2v) is 7.79. The van der Waals surface area contributed by atoms with Gasteiger partial charge in [-0.3, -0.25) is 9.59 Å². The number of aromatic nitrogens is 1. The van der Waals surface area contributed by atoms with Crippen molar-refractivity contribution >= 4 is 29.0 Å². The standard InChI is InChI=1S/C16H20N2O4S/c1-16(2,3)22-15(21)18-9-4-5-11(18)13(12(19)6-9)14(20)10-7-23-8-17-10/h7-9,11,13H,4-6H2,1-3H3/t9-,11+,13?/m1/s1. The van der Waals surface area contributed by atoms with E-state index in [4.69, 9.17) is 4.74 Å². The van der Waals surface area contributed by atoms with E-state index in [2.05, 4.69) is 4.98 Å². The fourth-order valence-electron chi connectivity index (χ4n) is 3.43. The first-order valence-corrected chi connectivity index (χ1v) is 8.68. The molecule has 2 aliphatic heterocycles. The molecule has 1 amide bonds. The van der Waals surface area contributed by atoms with Crippen LogP contribution in [0.2, 0.25) is 0 Å². The van der Waals surface area contributed by atoms with E-state index in [-0.39, 0.29) is 24.0 Å². The number of carbonyl (C=O) groups excluding carboxylic acids is 3. The van der Waals surface area contributed by atoms with E-state index in [9.17, 15) is 14.4 Å². The van der Waals surface area contributed by atoms with E-state index < -0.39 is 23.7 Å². The van der Waals surface area contributed by atoms with Crippen LogP contribution in [0.5, 0.6) is 0 Å². The molecule has 2 aliphatic rings. The van der Waals surface area contributed by atoms with Gasteiger partial charge < -0.3 is 9.64 Å². The highest BCUT2D eigenvalue weighted by molar-refractivity contribution is 7.07. The van der Waals surface area contributed by atoms with Gasteiger partial charge in [0.25, 0.3) is 0 Å². The molecular weight excluding hydrogens is 316 g/mol. The third-order valence-corrected chi connectivity index (χ3v) is 4.87. The average Bonchev–Trinajstić information content (AvgIpc) is 3.04. The Morgan fingerprint density at radius 1 is 1.35 bits per heavy atom. The molecular formula is C16H20N2O4S. The van der Waals surface area contributed by atoms with E-state index in [1.54, 1.807) is 36.6 Å². The second kappa shape index (κ2) is 5.70. The Bertz CT molecular complexity index is 635. The van der Waals surface area contributed by atoms with E-state index in [1.807, 2.05) is 0 Å². The minimum absolute atomic E-state index is 0.0877. The SMILES string of the molecule is CC(C)(C)OC(=O)N1[C@@H]2CC[C@H]1C(C(=O)c1cscn1)C(=O)C2. The van der Waals surface area contributed by atoms with E-state index in [0.29, 0.717) is 12.1 Å². The minimum Gasteiger partial charge on any atom is -0.444 e. The monoisotopic (exact) mass is 336 g/mol. The highest BCUT2D eigenvalue weighted by atomic mass is 32.1.